The Balaban J connectivity index is 0.000000226. The fourth-order valence-corrected chi connectivity index (χ4v) is 9.43. The summed E-state index contributed by atoms with van der Waals surface area (Å²) in [6, 6.07) is 18.5. The molecule has 12 heteroatoms. The summed E-state index contributed by atoms with van der Waals surface area (Å²) in [5, 5.41) is 0. The van der Waals surface area contributed by atoms with E-state index in [4.69, 9.17) is 14.4 Å². The van der Waals surface area contributed by atoms with Gasteiger partial charge in [-0.1, -0.05) is 81.3 Å². The van der Waals surface area contributed by atoms with Crippen molar-refractivity contribution in [2.45, 2.75) is 145 Å². The average molecular weight is 926 g/mol. The van der Waals surface area contributed by atoms with Gasteiger partial charge in [-0.15, -0.1) is 0 Å². The van der Waals surface area contributed by atoms with Crippen LogP contribution in [0.25, 0.3) is 0 Å². The Morgan fingerprint density at radius 1 is 0.661 bits per heavy atom. The number of halogens is 5. The van der Waals surface area contributed by atoms with E-state index in [9.17, 15) is 17.3 Å². The van der Waals surface area contributed by atoms with E-state index in [0.717, 1.165) is 11.3 Å². The maximum Gasteiger partial charge on any atom is 0.673 e. The third kappa shape index (κ3) is 16.3. The molecule has 329 valence electrons. The fraction of sp³-hybridized carbons (Fsp3) is 0.468. The van der Waals surface area contributed by atoms with Crippen LogP contribution in [0.4, 0.5) is 28.6 Å². The SMILES string of the molecule is C.CC(C)Oc1ccccc1[CH]=[Ru][Cl].Cc1cc(C)c(N2C=CN(C3CCCCC3)[CH-]2)c(C)c1.Cc1cc(C)c(N2C=CN(C3CCCCC3)[CH-]2)c(C)c1.F[B-](F)(F)F. The predicted octanol–water partition coefficient (Wildman–Crippen LogP) is 14.1. The van der Waals surface area contributed by atoms with Gasteiger partial charge in [-0.2, -0.15) is 13.3 Å². The maximum atomic E-state index is 9.75. The molecule has 5 nitrogen and oxygen atoms in total. The van der Waals surface area contributed by atoms with Gasteiger partial charge >= 0.3 is 97.5 Å². The largest absolute Gasteiger partial charge is 0.673 e. The summed E-state index contributed by atoms with van der Waals surface area (Å²) in [4.78, 5) is 9.41. The third-order valence-electron chi connectivity index (χ3n) is 10.5. The molecule has 4 aliphatic rings. The van der Waals surface area contributed by atoms with Crippen molar-refractivity contribution in [3.05, 3.63) is 126 Å². The maximum absolute atomic E-state index is 9.75. The van der Waals surface area contributed by atoms with Crippen molar-refractivity contribution < 1.29 is 37.7 Å². The van der Waals surface area contributed by atoms with Crippen molar-refractivity contribution in [3.63, 3.8) is 0 Å². The number of anilines is 2. The molecule has 0 unspecified atom stereocenters. The van der Waals surface area contributed by atoms with Crippen molar-refractivity contribution in [1.82, 2.24) is 9.80 Å². The van der Waals surface area contributed by atoms with Crippen molar-refractivity contribution in [2.24, 2.45) is 0 Å². The Bertz CT molecular complexity index is 1700. The molecule has 0 N–H and O–H groups in total. The molecular formula is C47H66BClF4N4ORu-3. The van der Waals surface area contributed by atoms with Crippen molar-refractivity contribution >= 4 is 32.9 Å². The Morgan fingerprint density at radius 2 is 1.03 bits per heavy atom. The van der Waals surface area contributed by atoms with Crippen LogP contribution in [0, 0.1) is 54.9 Å². The molecule has 2 fully saturated rings. The zero-order valence-corrected chi connectivity index (χ0v) is 38.0. The van der Waals surface area contributed by atoms with Crippen LogP contribution in [0.1, 0.15) is 124 Å². The molecule has 0 saturated heterocycles. The predicted molar refractivity (Wildman–Crippen MR) is 241 cm³/mol. The van der Waals surface area contributed by atoms with E-state index < -0.39 is 7.25 Å². The second-order valence-electron chi connectivity index (χ2n) is 16.0. The van der Waals surface area contributed by atoms with E-state index in [1.807, 2.05) is 42.7 Å². The van der Waals surface area contributed by atoms with E-state index >= 15 is 0 Å². The monoisotopic (exact) mass is 926 g/mol. The molecular weight excluding hydrogens is 860 g/mol. The van der Waals surface area contributed by atoms with Gasteiger partial charge in [-0.3, -0.25) is 0 Å². The summed E-state index contributed by atoms with van der Waals surface area (Å²) in [7, 11) is -0.277. The van der Waals surface area contributed by atoms with Gasteiger partial charge in [0.25, 0.3) is 0 Å². The quantitative estimate of drug-likeness (QED) is 0.133. The first kappa shape index (κ1) is 50.1. The van der Waals surface area contributed by atoms with Crippen LogP contribution < -0.4 is 14.5 Å². The molecule has 3 aromatic carbocycles. The van der Waals surface area contributed by atoms with Gasteiger partial charge in [0.05, 0.1) is 0 Å². The van der Waals surface area contributed by atoms with Crippen LogP contribution in [-0.4, -0.2) is 39.9 Å². The van der Waals surface area contributed by atoms with E-state index in [1.54, 1.807) is 0 Å². The summed E-state index contributed by atoms with van der Waals surface area (Å²) in [6.07, 6.45) is 22.8. The molecule has 0 bridgehead atoms. The Kier molecular flexibility index (Phi) is 20.6. The molecule has 0 aromatic heterocycles. The number of nitrogens with zero attached hydrogens (tertiary/aromatic N) is 4. The average Bonchev–Trinajstić information content (AvgIpc) is 3.84. The molecule has 59 heavy (non-hydrogen) atoms. The number of hydrogen-bond acceptors (Lipinski definition) is 5. The zero-order chi connectivity index (χ0) is 42.4. The van der Waals surface area contributed by atoms with Crippen molar-refractivity contribution in [2.75, 3.05) is 9.80 Å². The second-order valence-corrected chi connectivity index (χ2v) is 17.8. The number of benzene rings is 3. The number of hydrogen-bond donors (Lipinski definition) is 0. The molecule has 0 atom stereocenters. The number of para-hydroxylation sites is 1. The molecule has 2 heterocycles. The van der Waals surface area contributed by atoms with Gasteiger partial charge in [0.2, 0.25) is 0 Å². The first-order valence-electron chi connectivity index (χ1n) is 20.6. The second kappa shape index (κ2) is 24.2. The van der Waals surface area contributed by atoms with Gasteiger partial charge in [0.15, 0.2) is 0 Å². The smallest absolute Gasteiger partial charge is 0.505 e. The van der Waals surface area contributed by atoms with Gasteiger partial charge in [0.1, 0.15) is 0 Å². The molecule has 2 aliphatic carbocycles. The summed E-state index contributed by atoms with van der Waals surface area (Å²) in [5.74, 6) is 0.924. The van der Waals surface area contributed by atoms with Gasteiger partial charge < -0.3 is 36.9 Å². The molecule has 3 aromatic rings. The van der Waals surface area contributed by atoms with Gasteiger partial charge in [0, 0.05) is 23.5 Å². The molecule has 2 saturated carbocycles. The minimum absolute atomic E-state index is 0. The van der Waals surface area contributed by atoms with E-state index in [1.165, 1.54) is 109 Å². The Labute approximate surface area is 365 Å². The third-order valence-corrected chi connectivity index (χ3v) is 11.7. The van der Waals surface area contributed by atoms with Crippen LogP contribution in [-0.2, 0) is 15.7 Å². The number of rotatable bonds is 7. The van der Waals surface area contributed by atoms with Crippen LogP contribution >= 0.6 is 9.69 Å². The molecule has 0 amide bonds. The van der Waals surface area contributed by atoms with Gasteiger partial charge in [-0.25, -0.2) is 0 Å². The topological polar surface area (TPSA) is 22.2 Å². The standard InChI is InChI=1S/2C18H25N2.C10H12O.CH4.BF4.ClH.Ru/c2*1-14-11-15(2)18(16(3)12-14)20-10-9-19(13-20)17-7-5-4-6-8-17;1-8(2)11-10-7-5-4-6-9(10)3;;2-1(3,4)5;;/h2*9-13,17H,4-8H2,1-3H3;3-8H,1-2H3;1H4;;1H;/q2*-1;;;-1;;+1/p-1. The normalized spacial score (nSPS) is 17.1. The Morgan fingerprint density at radius 3 is 1.39 bits per heavy atom. The minimum Gasteiger partial charge on any atom is -0.505 e. The van der Waals surface area contributed by atoms with E-state index in [0.29, 0.717) is 12.1 Å². The number of aryl methyl sites for hydroxylation is 6. The first-order chi connectivity index (χ1) is 27.5. The zero-order valence-electron chi connectivity index (χ0n) is 35.5. The van der Waals surface area contributed by atoms with Crippen molar-refractivity contribution in [1.29, 1.82) is 0 Å². The molecule has 0 radical (unpaired) electrons. The van der Waals surface area contributed by atoms with E-state index in [2.05, 4.69) is 124 Å². The molecule has 0 spiro atoms. The van der Waals surface area contributed by atoms with Gasteiger partial charge in [-0.05, 0) is 114 Å². The summed E-state index contributed by atoms with van der Waals surface area (Å²) in [5.41, 5.74) is 11.9. The fourth-order valence-electron chi connectivity index (χ4n) is 8.32. The summed E-state index contributed by atoms with van der Waals surface area (Å²) < 4.78 is 46.7. The Hall–Kier alpha value is -3.29. The molecule has 2 aliphatic heterocycles. The van der Waals surface area contributed by atoms with Crippen molar-refractivity contribution in [3.8, 4) is 5.75 Å². The first-order valence-corrected chi connectivity index (χ1v) is 23.8. The summed E-state index contributed by atoms with van der Waals surface area (Å²) in [6.45, 7) is 21.8. The van der Waals surface area contributed by atoms with E-state index in [-0.39, 0.29) is 29.2 Å². The minimum atomic E-state index is -6.00. The van der Waals surface area contributed by atoms with Crippen LogP contribution in [0.3, 0.4) is 0 Å². The summed E-state index contributed by atoms with van der Waals surface area (Å²) >= 11 is -0.191. The van der Waals surface area contributed by atoms with Crippen LogP contribution in [0.15, 0.2) is 73.3 Å². The van der Waals surface area contributed by atoms with Crippen LogP contribution in [0.5, 0.6) is 5.75 Å². The van der Waals surface area contributed by atoms with Crippen LogP contribution in [0.2, 0.25) is 0 Å². The number of ether oxygens (including phenoxy) is 1. The molecule has 7 rings (SSSR count).